The summed E-state index contributed by atoms with van der Waals surface area (Å²) >= 11 is 0. The predicted molar refractivity (Wildman–Crippen MR) is 161 cm³/mol. The van der Waals surface area contributed by atoms with Crippen LogP contribution >= 0.6 is 0 Å². The highest BCUT2D eigenvalue weighted by Gasteiger charge is 2.29. The number of H-pyrrole nitrogens is 1. The number of aromatic nitrogens is 1. The third-order valence-electron chi connectivity index (χ3n) is 7.11. The van der Waals surface area contributed by atoms with Gasteiger partial charge in [-0.25, -0.2) is 4.79 Å². The second kappa shape index (κ2) is 14.1. The van der Waals surface area contributed by atoms with Gasteiger partial charge in [0.05, 0.1) is 6.04 Å². The van der Waals surface area contributed by atoms with E-state index in [-0.39, 0.29) is 25.0 Å². The molecule has 0 bridgehead atoms. The van der Waals surface area contributed by atoms with E-state index in [1.54, 1.807) is 18.3 Å². The minimum atomic E-state index is -1.27. The van der Waals surface area contributed by atoms with Gasteiger partial charge in [-0.1, -0.05) is 60.7 Å². The van der Waals surface area contributed by atoms with Crippen molar-refractivity contribution in [2.75, 3.05) is 0 Å². The summed E-state index contributed by atoms with van der Waals surface area (Å²) in [5.74, 6) is -3.08. The number of aromatic hydroxyl groups is 1. The summed E-state index contributed by atoms with van der Waals surface area (Å²) in [6.45, 7) is 1.43. The van der Waals surface area contributed by atoms with Crippen LogP contribution in [0.15, 0.2) is 85.1 Å². The van der Waals surface area contributed by atoms with Crippen LogP contribution < -0.4 is 21.7 Å². The number of aromatic amines is 1. The Morgan fingerprint density at radius 3 is 2.07 bits per heavy atom. The number of amides is 3. The van der Waals surface area contributed by atoms with E-state index in [1.807, 2.05) is 54.6 Å². The molecule has 11 nitrogen and oxygen atoms in total. The van der Waals surface area contributed by atoms with Gasteiger partial charge in [-0.05, 0) is 48.2 Å². The van der Waals surface area contributed by atoms with Crippen LogP contribution in [-0.2, 0) is 38.4 Å². The van der Waals surface area contributed by atoms with Crippen molar-refractivity contribution in [2.45, 2.75) is 50.4 Å². The number of hydrogen-bond acceptors (Lipinski definition) is 6. The summed E-state index contributed by atoms with van der Waals surface area (Å²) in [6.07, 6.45) is 2.12. The van der Waals surface area contributed by atoms with E-state index in [4.69, 9.17) is 5.73 Å². The molecular formula is C32H35N5O6. The third-order valence-corrected chi connectivity index (χ3v) is 7.11. The van der Waals surface area contributed by atoms with Crippen LogP contribution in [0.25, 0.3) is 10.9 Å². The monoisotopic (exact) mass is 585 g/mol. The summed E-state index contributed by atoms with van der Waals surface area (Å²) in [7, 11) is 0. The molecule has 4 rings (SSSR count). The first-order valence-corrected chi connectivity index (χ1v) is 13.9. The normalized spacial score (nSPS) is 13.8. The van der Waals surface area contributed by atoms with E-state index in [2.05, 4.69) is 20.9 Å². The van der Waals surface area contributed by atoms with E-state index in [9.17, 15) is 29.4 Å². The summed E-state index contributed by atoms with van der Waals surface area (Å²) < 4.78 is 0. The highest BCUT2D eigenvalue weighted by Crippen LogP contribution is 2.19. The lowest BCUT2D eigenvalue weighted by Gasteiger charge is -2.23. The molecule has 4 atom stereocenters. The van der Waals surface area contributed by atoms with E-state index in [0.717, 1.165) is 22.0 Å². The lowest BCUT2D eigenvalue weighted by molar-refractivity contribution is -0.142. The van der Waals surface area contributed by atoms with Crippen LogP contribution in [0.1, 0.15) is 23.6 Å². The van der Waals surface area contributed by atoms with Crippen LogP contribution in [0, 0.1) is 0 Å². The SMILES string of the molecule is CC(NC(=O)C(Cc1c[nH]c2ccccc12)NC(=O)C(N)Cc1ccccc1)C(=O)NC(Cc1ccc(O)cc1)C(=O)O. The highest BCUT2D eigenvalue weighted by molar-refractivity contribution is 5.94. The minimum Gasteiger partial charge on any atom is -0.508 e. The van der Waals surface area contributed by atoms with Crippen LogP contribution in [0.5, 0.6) is 5.75 Å². The second-order valence-corrected chi connectivity index (χ2v) is 10.4. The molecule has 3 amide bonds. The van der Waals surface area contributed by atoms with Crippen LogP contribution in [0.2, 0.25) is 0 Å². The fraction of sp³-hybridized carbons (Fsp3) is 0.250. The third kappa shape index (κ3) is 8.43. The van der Waals surface area contributed by atoms with Crippen molar-refractivity contribution in [1.82, 2.24) is 20.9 Å². The molecular weight excluding hydrogens is 550 g/mol. The van der Waals surface area contributed by atoms with Crippen molar-refractivity contribution in [2.24, 2.45) is 5.73 Å². The van der Waals surface area contributed by atoms with Gasteiger partial charge in [0.25, 0.3) is 0 Å². The maximum Gasteiger partial charge on any atom is 0.326 e. The smallest absolute Gasteiger partial charge is 0.326 e. The minimum absolute atomic E-state index is 0.0272. The van der Waals surface area contributed by atoms with Crippen LogP contribution in [0.3, 0.4) is 0 Å². The van der Waals surface area contributed by atoms with Gasteiger partial charge in [-0.3, -0.25) is 14.4 Å². The van der Waals surface area contributed by atoms with E-state index in [0.29, 0.717) is 5.56 Å². The molecule has 0 aliphatic carbocycles. The van der Waals surface area contributed by atoms with Gasteiger partial charge in [0.1, 0.15) is 23.9 Å². The zero-order valence-corrected chi connectivity index (χ0v) is 23.6. The molecule has 0 saturated carbocycles. The lowest BCUT2D eigenvalue weighted by atomic mass is 10.0. The number of rotatable bonds is 13. The van der Waals surface area contributed by atoms with Crippen molar-refractivity contribution in [3.05, 3.63) is 102 Å². The Hall–Kier alpha value is -5.16. The Labute approximate surface area is 248 Å². The molecule has 3 aromatic carbocycles. The molecule has 0 radical (unpaired) electrons. The average molecular weight is 586 g/mol. The molecule has 0 aliphatic rings. The molecule has 0 spiro atoms. The first-order chi connectivity index (χ1) is 20.6. The molecule has 11 heteroatoms. The van der Waals surface area contributed by atoms with Gasteiger partial charge in [0.15, 0.2) is 0 Å². The standard InChI is InChI=1S/C32H35N5O6/c1-19(29(39)37-28(32(42)43)16-21-11-13-23(38)14-12-21)35-31(41)27(17-22-18-34-26-10-6-5-9-24(22)26)36-30(40)25(33)15-20-7-3-2-4-8-20/h2-14,18-19,25,27-28,34,38H,15-17,33H2,1H3,(H,35,41)(H,36,40)(H,37,39)(H,42,43). The number of hydrogen-bond donors (Lipinski definition) is 7. The number of fused-ring (bicyclic) bond motifs is 1. The number of nitrogens with two attached hydrogens (primary N) is 1. The number of aliphatic carboxylic acids is 1. The number of phenols is 1. The van der Waals surface area contributed by atoms with Crippen molar-refractivity contribution >= 4 is 34.6 Å². The van der Waals surface area contributed by atoms with Crippen molar-refractivity contribution in [3.63, 3.8) is 0 Å². The Kier molecular flexibility index (Phi) is 10.1. The van der Waals surface area contributed by atoms with Crippen LogP contribution in [-0.4, -0.2) is 63.1 Å². The molecule has 8 N–H and O–H groups in total. The van der Waals surface area contributed by atoms with E-state index < -0.39 is 47.9 Å². The maximum absolute atomic E-state index is 13.5. The summed E-state index contributed by atoms with van der Waals surface area (Å²) in [4.78, 5) is 54.5. The number of carboxylic acid groups (broad SMARTS) is 1. The molecule has 0 saturated heterocycles. The summed E-state index contributed by atoms with van der Waals surface area (Å²) in [6, 6.07) is 18.4. The fourth-order valence-corrected chi connectivity index (χ4v) is 4.71. The number of nitrogens with one attached hydrogen (secondary N) is 4. The number of benzene rings is 3. The first kappa shape index (κ1) is 30.8. The van der Waals surface area contributed by atoms with Crippen LogP contribution in [0.4, 0.5) is 0 Å². The molecule has 1 heterocycles. The number of carbonyl (C=O) groups is 4. The second-order valence-electron chi connectivity index (χ2n) is 10.4. The van der Waals surface area contributed by atoms with Gasteiger partial charge in [0, 0.05) is 29.9 Å². The summed E-state index contributed by atoms with van der Waals surface area (Å²) in [5, 5.41) is 27.8. The Bertz CT molecular complexity index is 1570. The van der Waals surface area contributed by atoms with Gasteiger partial charge < -0.3 is 36.9 Å². The Morgan fingerprint density at radius 2 is 1.37 bits per heavy atom. The van der Waals surface area contributed by atoms with E-state index in [1.165, 1.54) is 19.1 Å². The average Bonchev–Trinajstić information content (AvgIpc) is 3.40. The molecule has 4 aromatic rings. The van der Waals surface area contributed by atoms with Gasteiger partial charge >= 0.3 is 5.97 Å². The maximum atomic E-state index is 13.5. The number of para-hydroxylation sites is 1. The largest absolute Gasteiger partial charge is 0.508 e. The van der Waals surface area contributed by atoms with E-state index >= 15 is 0 Å². The molecule has 4 unspecified atom stereocenters. The molecule has 224 valence electrons. The Balaban J connectivity index is 1.45. The topological polar surface area (TPSA) is 187 Å². The number of carboxylic acids is 1. The van der Waals surface area contributed by atoms with Gasteiger partial charge in [-0.15, -0.1) is 0 Å². The number of carbonyl (C=O) groups excluding carboxylic acids is 3. The molecule has 43 heavy (non-hydrogen) atoms. The van der Waals surface area contributed by atoms with Gasteiger partial charge in [0.2, 0.25) is 17.7 Å². The molecule has 0 fully saturated rings. The summed E-state index contributed by atoms with van der Waals surface area (Å²) in [5.41, 5.74) is 9.29. The van der Waals surface area contributed by atoms with Crippen molar-refractivity contribution in [3.8, 4) is 5.75 Å². The van der Waals surface area contributed by atoms with Crippen molar-refractivity contribution in [1.29, 1.82) is 0 Å². The zero-order valence-electron chi connectivity index (χ0n) is 23.6. The number of phenolic OH excluding ortho intramolecular Hbond substituents is 1. The fourth-order valence-electron chi connectivity index (χ4n) is 4.71. The lowest BCUT2D eigenvalue weighted by Crippen LogP contribution is -2.57. The molecule has 0 aliphatic heterocycles. The first-order valence-electron chi connectivity index (χ1n) is 13.9. The van der Waals surface area contributed by atoms with Crippen molar-refractivity contribution < 1.29 is 29.4 Å². The molecule has 1 aromatic heterocycles. The highest BCUT2D eigenvalue weighted by atomic mass is 16.4. The quantitative estimate of drug-likeness (QED) is 0.125. The Morgan fingerprint density at radius 1 is 0.744 bits per heavy atom. The zero-order chi connectivity index (χ0) is 30.9. The van der Waals surface area contributed by atoms with Gasteiger partial charge in [-0.2, -0.15) is 0 Å². The predicted octanol–water partition coefficient (Wildman–Crippen LogP) is 1.79.